The third-order valence-corrected chi connectivity index (χ3v) is 7.41. The maximum Gasteiger partial charge on any atom is 0.337 e. The molecule has 0 aliphatic heterocycles. The van der Waals surface area contributed by atoms with Crippen LogP contribution in [0, 0.1) is 6.92 Å². The first-order valence-corrected chi connectivity index (χ1v) is 13.0. The van der Waals surface area contributed by atoms with Crippen LogP contribution in [0.4, 0.5) is 5.69 Å². The molecule has 0 aliphatic rings. The molecule has 3 aromatic carbocycles. The minimum Gasteiger partial charge on any atom is -0.497 e. The van der Waals surface area contributed by atoms with E-state index >= 15 is 0 Å². The summed E-state index contributed by atoms with van der Waals surface area (Å²) in [5.74, 6) is -0.649. The highest BCUT2D eigenvalue weighted by molar-refractivity contribution is 7.92. The number of carbonyl (C=O) groups is 1. The van der Waals surface area contributed by atoms with Crippen molar-refractivity contribution in [1.29, 1.82) is 0 Å². The van der Waals surface area contributed by atoms with Gasteiger partial charge in [0, 0.05) is 6.54 Å². The maximum atomic E-state index is 13.5. The summed E-state index contributed by atoms with van der Waals surface area (Å²) in [4.78, 5) is 14.3. The molecule has 0 fully saturated rings. The van der Waals surface area contributed by atoms with Gasteiger partial charge >= 0.3 is 5.97 Å². The first-order valence-electron chi connectivity index (χ1n) is 11.5. The fraction of sp³-hybridized carbons (Fsp3) is 0.296. The van der Waals surface area contributed by atoms with Crippen LogP contribution in [0.2, 0.25) is 0 Å². The van der Waals surface area contributed by atoms with E-state index in [4.69, 9.17) is 4.74 Å². The maximum absolute atomic E-state index is 13.5. The molecule has 0 spiro atoms. The number of anilines is 1. The normalized spacial score (nSPS) is 11.5. The van der Waals surface area contributed by atoms with Crippen LogP contribution < -0.4 is 9.46 Å². The SMILES string of the molecule is CCN(CC)Cc1cc(C)c(NS(=O)(=O)c2ccc(OC)cc2Cc2ccccc2)c(C(=O)O)c1. The second kappa shape index (κ2) is 11.4. The quantitative estimate of drug-likeness (QED) is 0.391. The Bertz CT molecular complexity index is 1290. The van der Waals surface area contributed by atoms with E-state index in [0.29, 0.717) is 29.8 Å². The first-order chi connectivity index (χ1) is 16.7. The lowest BCUT2D eigenvalue weighted by atomic mass is 10.0. The van der Waals surface area contributed by atoms with E-state index in [1.165, 1.54) is 13.2 Å². The van der Waals surface area contributed by atoms with E-state index in [-0.39, 0.29) is 16.1 Å². The zero-order valence-electron chi connectivity index (χ0n) is 20.5. The Hall–Kier alpha value is -3.36. The summed E-state index contributed by atoms with van der Waals surface area (Å²) in [6, 6.07) is 17.7. The van der Waals surface area contributed by atoms with Crippen molar-refractivity contribution < 1.29 is 23.1 Å². The third kappa shape index (κ3) is 6.41. The predicted octanol–water partition coefficient (Wildman–Crippen LogP) is 4.94. The summed E-state index contributed by atoms with van der Waals surface area (Å²) in [6.45, 7) is 8.04. The highest BCUT2D eigenvalue weighted by Crippen LogP contribution is 2.30. The molecule has 3 aromatic rings. The molecule has 0 unspecified atom stereocenters. The standard InChI is InChI=1S/C27H32N2O5S/c1-5-29(6-2)18-21-14-19(3)26(24(16-21)27(30)31)28-35(32,33)25-13-12-23(34-4)17-22(25)15-20-10-8-7-9-11-20/h7-14,16-17,28H,5-6,15,18H2,1-4H3,(H,30,31). The summed E-state index contributed by atoms with van der Waals surface area (Å²) in [5, 5.41) is 9.88. The molecular weight excluding hydrogens is 464 g/mol. The third-order valence-electron chi connectivity index (χ3n) is 5.96. The number of nitrogens with one attached hydrogen (secondary N) is 1. The van der Waals surface area contributed by atoms with Gasteiger partial charge in [-0.1, -0.05) is 50.2 Å². The number of aromatic carboxylic acids is 1. The van der Waals surface area contributed by atoms with Gasteiger partial charge < -0.3 is 9.84 Å². The number of carboxylic acids is 1. The zero-order chi connectivity index (χ0) is 25.6. The highest BCUT2D eigenvalue weighted by Gasteiger charge is 2.24. The number of nitrogens with zero attached hydrogens (tertiary/aromatic N) is 1. The molecular formula is C27H32N2O5S. The van der Waals surface area contributed by atoms with Gasteiger partial charge in [-0.2, -0.15) is 0 Å². The smallest absolute Gasteiger partial charge is 0.337 e. The molecule has 186 valence electrons. The fourth-order valence-corrected chi connectivity index (χ4v) is 5.42. The van der Waals surface area contributed by atoms with Gasteiger partial charge in [0.15, 0.2) is 0 Å². The summed E-state index contributed by atoms with van der Waals surface area (Å²) >= 11 is 0. The fourth-order valence-electron chi connectivity index (χ4n) is 4.05. The molecule has 0 atom stereocenters. The van der Waals surface area contributed by atoms with Crippen molar-refractivity contribution in [3.05, 3.63) is 88.5 Å². The van der Waals surface area contributed by atoms with Gasteiger partial charge in [-0.25, -0.2) is 13.2 Å². The Morgan fingerprint density at radius 1 is 1.00 bits per heavy atom. The molecule has 8 heteroatoms. The van der Waals surface area contributed by atoms with E-state index in [1.807, 2.05) is 50.2 Å². The van der Waals surface area contributed by atoms with Crippen LogP contribution in [0.15, 0.2) is 65.6 Å². The molecule has 0 bridgehead atoms. The summed E-state index contributed by atoms with van der Waals surface area (Å²) in [7, 11) is -2.57. The van der Waals surface area contributed by atoms with Gasteiger partial charge in [-0.15, -0.1) is 0 Å². The second-order valence-electron chi connectivity index (χ2n) is 8.34. The number of benzene rings is 3. The number of methoxy groups -OCH3 is 1. The van der Waals surface area contributed by atoms with Gasteiger partial charge in [0.1, 0.15) is 5.75 Å². The number of hydrogen-bond acceptors (Lipinski definition) is 5. The molecule has 35 heavy (non-hydrogen) atoms. The molecule has 0 saturated heterocycles. The molecule has 0 amide bonds. The monoisotopic (exact) mass is 496 g/mol. The van der Waals surface area contributed by atoms with E-state index in [1.54, 1.807) is 25.1 Å². The van der Waals surface area contributed by atoms with Crippen molar-refractivity contribution >= 4 is 21.7 Å². The Balaban J connectivity index is 2.03. The van der Waals surface area contributed by atoms with Crippen LogP contribution in [0.3, 0.4) is 0 Å². The van der Waals surface area contributed by atoms with Crippen molar-refractivity contribution in [2.45, 2.75) is 38.6 Å². The average Bonchev–Trinajstić information content (AvgIpc) is 2.84. The number of hydrogen-bond donors (Lipinski definition) is 2. The lowest BCUT2D eigenvalue weighted by Crippen LogP contribution is -2.23. The molecule has 0 radical (unpaired) electrons. The van der Waals surface area contributed by atoms with Crippen LogP contribution in [-0.4, -0.2) is 44.6 Å². The van der Waals surface area contributed by atoms with Crippen molar-refractivity contribution in [2.75, 3.05) is 24.9 Å². The van der Waals surface area contributed by atoms with E-state index < -0.39 is 16.0 Å². The van der Waals surface area contributed by atoms with Crippen molar-refractivity contribution in [2.24, 2.45) is 0 Å². The number of aryl methyl sites for hydroxylation is 1. The summed E-state index contributed by atoms with van der Waals surface area (Å²) in [5.41, 5.74) is 2.86. The molecule has 2 N–H and O–H groups in total. The largest absolute Gasteiger partial charge is 0.497 e. The molecule has 0 heterocycles. The van der Waals surface area contributed by atoms with Crippen molar-refractivity contribution in [3.8, 4) is 5.75 Å². The Morgan fingerprint density at radius 3 is 2.29 bits per heavy atom. The van der Waals surface area contributed by atoms with Crippen molar-refractivity contribution in [1.82, 2.24) is 4.90 Å². The minimum absolute atomic E-state index is 0.0716. The lowest BCUT2D eigenvalue weighted by molar-refractivity contribution is 0.0697. The van der Waals surface area contributed by atoms with Crippen LogP contribution >= 0.6 is 0 Å². The Labute approximate surface area is 207 Å². The molecule has 0 aromatic heterocycles. The minimum atomic E-state index is -4.09. The van der Waals surface area contributed by atoms with Crippen LogP contribution in [0.25, 0.3) is 0 Å². The predicted molar refractivity (Wildman–Crippen MR) is 138 cm³/mol. The number of carboxylic acid groups (broad SMARTS) is 1. The zero-order valence-corrected chi connectivity index (χ0v) is 21.4. The van der Waals surface area contributed by atoms with Gasteiger partial charge in [0.05, 0.1) is 23.3 Å². The highest BCUT2D eigenvalue weighted by atomic mass is 32.2. The van der Waals surface area contributed by atoms with Gasteiger partial charge in [-0.3, -0.25) is 9.62 Å². The van der Waals surface area contributed by atoms with Crippen molar-refractivity contribution in [3.63, 3.8) is 0 Å². The van der Waals surface area contributed by atoms with E-state index in [9.17, 15) is 18.3 Å². The first kappa shape index (κ1) is 26.2. The Morgan fingerprint density at radius 2 is 1.69 bits per heavy atom. The van der Waals surface area contributed by atoms with E-state index in [2.05, 4.69) is 9.62 Å². The molecule has 3 rings (SSSR count). The molecule has 0 aliphatic carbocycles. The van der Waals surface area contributed by atoms with Gasteiger partial charge in [-0.05, 0) is 73.0 Å². The topological polar surface area (TPSA) is 95.9 Å². The Kier molecular flexibility index (Phi) is 8.53. The average molecular weight is 497 g/mol. The second-order valence-corrected chi connectivity index (χ2v) is 9.99. The molecule has 7 nitrogen and oxygen atoms in total. The summed E-state index contributed by atoms with van der Waals surface area (Å²) in [6.07, 6.45) is 0.377. The van der Waals surface area contributed by atoms with E-state index in [0.717, 1.165) is 24.2 Å². The number of rotatable bonds is 11. The lowest BCUT2D eigenvalue weighted by Gasteiger charge is -2.21. The number of sulfonamides is 1. The number of ether oxygens (including phenoxy) is 1. The van der Waals surface area contributed by atoms with Gasteiger partial charge in [0.2, 0.25) is 0 Å². The van der Waals surface area contributed by atoms with Crippen LogP contribution in [-0.2, 0) is 23.0 Å². The van der Waals surface area contributed by atoms with Crippen LogP contribution in [0.1, 0.15) is 46.5 Å². The summed E-state index contributed by atoms with van der Waals surface area (Å²) < 4.78 is 35.0. The van der Waals surface area contributed by atoms with Gasteiger partial charge in [0.25, 0.3) is 10.0 Å². The molecule has 0 saturated carbocycles. The van der Waals surface area contributed by atoms with Crippen LogP contribution in [0.5, 0.6) is 5.75 Å².